The first-order valence-electron chi connectivity index (χ1n) is 7.79. The van der Waals surface area contributed by atoms with Gasteiger partial charge in [0.2, 0.25) is 0 Å². The van der Waals surface area contributed by atoms with Crippen LogP contribution in [0.5, 0.6) is 0 Å². The molecule has 2 fully saturated rings. The second-order valence-electron chi connectivity index (χ2n) is 6.31. The van der Waals surface area contributed by atoms with Crippen molar-refractivity contribution >= 4 is 0 Å². The van der Waals surface area contributed by atoms with E-state index in [1.165, 1.54) is 50.9 Å². The van der Waals surface area contributed by atoms with Gasteiger partial charge in [0.25, 0.3) is 0 Å². The van der Waals surface area contributed by atoms with Crippen LogP contribution in [0.4, 0.5) is 0 Å². The molecule has 1 atom stereocenters. The van der Waals surface area contributed by atoms with Gasteiger partial charge in [-0.1, -0.05) is 30.3 Å². The summed E-state index contributed by atoms with van der Waals surface area (Å²) in [6.07, 6.45) is 5.60. The van der Waals surface area contributed by atoms with Gasteiger partial charge < -0.3 is 4.90 Å². The van der Waals surface area contributed by atoms with Crippen LogP contribution in [0.3, 0.4) is 0 Å². The molecule has 2 aliphatic rings. The molecule has 1 aromatic rings. The Morgan fingerprint density at radius 3 is 2.47 bits per heavy atom. The maximum Gasteiger partial charge on any atom is 0.0236 e. The van der Waals surface area contributed by atoms with E-state index in [4.69, 9.17) is 0 Å². The van der Waals surface area contributed by atoms with Crippen molar-refractivity contribution in [2.45, 2.75) is 38.3 Å². The number of rotatable bonds is 3. The van der Waals surface area contributed by atoms with Crippen molar-refractivity contribution in [1.82, 2.24) is 9.80 Å². The summed E-state index contributed by atoms with van der Waals surface area (Å²) in [6.45, 7) is 5.03. The molecule has 2 aliphatic heterocycles. The molecule has 0 saturated carbocycles. The molecule has 0 spiro atoms. The minimum atomic E-state index is 0.842. The van der Waals surface area contributed by atoms with Crippen molar-refractivity contribution in [2.24, 2.45) is 5.92 Å². The molecule has 19 heavy (non-hydrogen) atoms. The zero-order valence-electron chi connectivity index (χ0n) is 12.1. The normalized spacial score (nSPS) is 26.9. The van der Waals surface area contributed by atoms with E-state index >= 15 is 0 Å². The fourth-order valence-corrected chi connectivity index (χ4v) is 3.81. The average molecular weight is 258 g/mol. The number of benzene rings is 1. The summed E-state index contributed by atoms with van der Waals surface area (Å²) in [5, 5.41) is 0. The summed E-state index contributed by atoms with van der Waals surface area (Å²) < 4.78 is 0. The maximum absolute atomic E-state index is 2.74. The Morgan fingerprint density at radius 1 is 1.00 bits per heavy atom. The topological polar surface area (TPSA) is 6.48 Å². The van der Waals surface area contributed by atoms with Crippen LogP contribution in [0.2, 0.25) is 0 Å². The molecule has 0 bridgehead atoms. The molecule has 2 nitrogen and oxygen atoms in total. The van der Waals surface area contributed by atoms with Gasteiger partial charge in [0.1, 0.15) is 0 Å². The van der Waals surface area contributed by atoms with Crippen molar-refractivity contribution in [3.05, 3.63) is 35.9 Å². The lowest BCUT2D eigenvalue weighted by Gasteiger charge is -2.37. The first kappa shape index (κ1) is 13.1. The predicted octanol–water partition coefficient (Wildman–Crippen LogP) is 2.99. The summed E-state index contributed by atoms with van der Waals surface area (Å²) >= 11 is 0. The van der Waals surface area contributed by atoms with Crippen LogP contribution in [0, 0.1) is 5.92 Å². The predicted molar refractivity (Wildman–Crippen MR) is 80.1 cm³/mol. The average Bonchev–Trinajstić information content (AvgIpc) is 2.89. The Kier molecular flexibility index (Phi) is 4.19. The molecular weight excluding hydrogens is 232 g/mol. The van der Waals surface area contributed by atoms with Crippen LogP contribution in [-0.2, 0) is 6.54 Å². The largest absolute Gasteiger partial charge is 0.306 e. The van der Waals surface area contributed by atoms with E-state index in [0.29, 0.717) is 0 Å². The number of hydrogen-bond donors (Lipinski definition) is 0. The molecule has 2 heteroatoms. The van der Waals surface area contributed by atoms with Crippen molar-refractivity contribution in [3.8, 4) is 0 Å². The van der Waals surface area contributed by atoms with Crippen LogP contribution < -0.4 is 0 Å². The Morgan fingerprint density at radius 2 is 1.74 bits per heavy atom. The van der Waals surface area contributed by atoms with Gasteiger partial charge >= 0.3 is 0 Å². The number of nitrogens with zero attached hydrogens (tertiary/aromatic N) is 2. The number of piperidine rings is 1. The van der Waals surface area contributed by atoms with Gasteiger partial charge in [-0.05, 0) is 63.8 Å². The molecule has 1 aromatic carbocycles. The van der Waals surface area contributed by atoms with Gasteiger partial charge in [0, 0.05) is 12.6 Å². The van der Waals surface area contributed by atoms with Crippen molar-refractivity contribution < 1.29 is 0 Å². The van der Waals surface area contributed by atoms with E-state index in [0.717, 1.165) is 18.5 Å². The highest BCUT2D eigenvalue weighted by Crippen LogP contribution is 2.31. The maximum atomic E-state index is 2.74. The SMILES string of the molecule is CN1CCC([C@@H]2CCCN2Cc2ccccc2)CC1. The summed E-state index contributed by atoms with van der Waals surface area (Å²) in [6, 6.07) is 11.8. The third-order valence-electron chi connectivity index (χ3n) is 4.95. The molecule has 0 aromatic heterocycles. The van der Waals surface area contributed by atoms with Crippen LogP contribution in [0.1, 0.15) is 31.2 Å². The number of hydrogen-bond acceptors (Lipinski definition) is 2. The van der Waals surface area contributed by atoms with Crippen molar-refractivity contribution in [2.75, 3.05) is 26.7 Å². The van der Waals surface area contributed by atoms with Crippen LogP contribution >= 0.6 is 0 Å². The van der Waals surface area contributed by atoms with Gasteiger partial charge in [-0.15, -0.1) is 0 Å². The molecule has 0 unspecified atom stereocenters. The Hall–Kier alpha value is -0.860. The minimum Gasteiger partial charge on any atom is -0.306 e. The molecule has 0 radical (unpaired) electrons. The second-order valence-corrected chi connectivity index (χ2v) is 6.31. The fourth-order valence-electron chi connectivity index (χ4n) is 3.81. The van der Waals surface area contributed by atoms with Gasteiger partial charge in [0.05, 0.1) is 0 Å². The highest BCUT2D eigenvalue weighted by molar-refractivity contribution is 5.15. The zero-order valence-corrected chi connectivity index (χ0v) is 12.1. The highest BCUT2D eigenvalue weighted by Gasteiger charge is 2.32. The summed E-state index contributed by atoms with van der Waals surface area (Å²) in [5.41, 5.74) is 1.47. The van der Waals surface area contributed by atoms with Gasteiger partial charge in [-0.2, -0.15) is 0 Å². The zero-order chi connectivity index (χ0) is 13.1. The lowest BCUT2D eigenvalue weighted by atomic mass is 9.88. The Bertz CT molecular complexity index is 382. The summed E-state index contributed by atoms with van der Waals surface area (Å²) in [7, 11) is 2.26. The van der Waals surface area contributed by atoms with Crippen molar-refractivity contribution in [3.63, 3.8) is 0 Å². The van der Waals surface area contributed by atoms with E-state index in [2.05, 4.69) is 47.2 Å². The third kappa shape index (κ3) is 3.18. The lowest BCUT2D eigenvalue weighted by Crippen LogP contribution is -2.41. The van der Waals surface area contributed by atoms with Crippen LogP contribution in [-0.4, -0.2) is 42.5 Å². The Labute approximate surface area is 117 Å². The molecule has 2 saturated heterocycles. The van der Waals surface area contributed by atoms with E-state index in [9.17, 15) is 0 Å². The minimum absolute atomic E-state index is 0.842. The monoisotopic (exact) mass is 258 g/mol. The first-order valence-corrected chi connectivity index (χ1v) is 7.79. The second kappa shape index (κ2) is 6.06. The molecule has 0 aliphatic carbocycles. The molecule has 3 rings (SSSR count). The molecular formula is C17H26N2. The van der Waals surface area contributed by atoms with E-state index in [-0.39, 0.29) is 0 Å². The van der Waals surface area contributed by atoms with Crippen LogP contribution in [0.15, 0.2) is 30.3 Å². The highest BCUT2D eigenvalue weighted by atomic mass is 15.2. The third-order valence-corrected chi connectivity index (χ3v) is 4.95. The number of likely N-dealkylation sites (tertiary alicyclic amines) is 2. The Balaban J connectivity index is 1.61. The molecule has 0 N–H and O–H groups in total. The molecule has 2 heterocycles. The molecule has 104 valence electrons. The van der Waals surface area contributed by atoms with E-state index in [1.54, 1.807) is 0 Å². The van der Waals surface area contributed by atoms with Gasteiger partial charge in [0.15, 0.2) is 0 Å². The molecule has 0 amide bonds. The van der Waals surface area contributed by atoms with E-state index < -0.39 is 0 Å². The van der Waals surface area contributed by atoms with Crippen molar-refractivity contribution in [1.29, 1.82) is 0 Å². The smallest absolute Gasteiger partial charge is 0.0236 e. The lowest BCUT2D eigenvalue weighted by molar-refractivity contribution is 0.120. The summed E-state index contributed by atoms with van der Waals surface area (Å²) in [5.74, 6) is 0.933. The fraction of sp³-hybridized carbons (Fsp3) is 0.647. The first-order chi connectivity index (χ1) is 9.33. The quantitative estimate of drug-likeness (QED) is 0.822. The van der Waals surface area contributed by atoms with Crippen LogP contribution in [0.25, 0.3) is 0 Å². The standard InChI is InChI=1S/C17H26N2/c1-18-12-9-16(10-13-18)17-8-5-11-19(17)14-15-6-3-2-4-7-15/h2-4,6-7,16-17H,5,8-14H2,1H3/t17-/m0/s1. The summed E-state index contributed by atoms with van der Waals surface area (Å²) in [4.78, 5) is 5.22. The van der Waals surface area contributed by atoms with E-state index in [1.807, 2.05) is 0 Å². The van der Waals surface area contributed by atoms with Gasteiger partial charge in [-0.25, -0.2) is 0 Å². The van der Waals surface area contributed by atoms with Gasteiger partial charge in [-0.3, -0.25) is 4.90 Å².